The molecule has 0 spiro atoms. The van der Waals surface area contributed by atoms with Gasteiger partial charge >= 0.3 is 0 Å². The van der Waals surface area contributed by atoms with E-state index in [0.29, 0.717) is 11.8 Å². The lowest BCUT2D eigenvalue weighted by Gasteiger charge is -2.09. The van der Waals surface area contributed by atoms with Crippen LogP contribution in [0.5, 0.6) is 5.75 Å². The quantitative estimate of drug-likeness (QED) is 0.581. The number of rotatable bonds is 5. The Morgan fingerprint density at radius 3 is 2.65 bits per heavy atom. The molecule has 20 heavy (non-hydrogen) atoms. The highest BCUT2D eigenvalue weighted by Gasteiger charge is 2.23. The van der Waals surface area contributed by atoms with E-state index < -0.39 is 0 Å². The molecule has 0 bridgehead atoms. The van der Waals surface area contributed by atoms with Gasteiger partial charge in [-0.3, -0.25) is 0 Å². The summed E-state index contributed by atoms with van der Waals surface area (Å²) in [4.78, 5) is 5.45. The molecule has 0 saturated heterocycles. The van der Waals surface area contributed by atoms with Crippen LogP contribution >= 0.6 is 23.4 Å². The number of benzene rings is 1. The number of hydrogen-bond acceptors (Lipinski definition) is 3. The fourth-order valence-electron chi connectivity index (χ4n) is 1.90. The van der Waals surface area contributed by atoms with Gasteiger partial charge in [-0.2, -0.15) is 0 Å². The predicted molar refractivity (Wildman–Crippen MR) is 84.4 cm³/mol. The maximum absolute atomic E-state index is 6.20. The minimum absolute atomic E-state index is 0.508. The van der Waals surface area contributed by atoms with Crippen LogP contribution in [0.2, 0.25) is 5.15 Å². The van der Waals surface area contributed by atoms with E-state index in [1.807, 2.05) is 6.07 Å². The Balaban J connectivity index is 1.83. The van der Waals surface area contributed by atoms with E-state index in [2.05, 4.69) is 35.5 Å². The van der Waals surface area contributed by atoms with Gasteiger partial charge in [0.05, 0.1) is 12.8 Å². The van der Waals surface area contributed by atoms with Crippen molar-refractivity contribution >= 4 is 23.4 Å². The number of nitrogens with zero attached hydrogens (tertiary/aromatic N) is 1. The van der Waals surface area contributed by atoms with E-state index in [-0.39, 0.29) is 0 Å². The molecule has 0 amide bonds. The number of aromatic nitrogens is 1. The van der Waals surface area contributed by atoms with Gasteiger partial charge < -0.3 is 4.74 Å². The largest absolute Gasteiger partial charge is 0.491 e. The molecule has 1 radical (unpaired) electrons. The van der Waals surface area contributed by atoms with Crippen LogP contribution in [0.1, 0.15) is 12.8 Å². The highest BCUT2D eigenvalue weighted by atomic mass is 35.5. The van der Waals surface area contributed by atoms with Crippen molar-refractivity contribution in [3.05, 3.63) is 47.6 Å². The van der Waals surface area contributed by atoms with Crippen molar-refractivity contribution in [1.82, 2.24) is 4.98 Å². The van der Waals surface area contributed by atoms with E-state index in [9.17, 15) is 0 Å². The Kier molecular flexibility index (Phi) is 4.18. The van der Waals surface area contributed by atoms with Gasteiger partial charge in [0.25, 0.3) is 0 Å². The standard InChI is InChI=1S/C16H15ClNOS/c1-20-14-6-4-12(5-7-14)15-8-13(9-18-16(15)17)19-10-11-2-3-11/h4-9H,2-3,10H2,1H3. The molecule has 1 saturated carbocycles. The molecule has 1 aromatic carbocycles. The van der Waals surface area contributed by atoms with Crippen molar-refractivity contribution in [2.45, 2.75) is 17.7 Å². The average Bonchev–Trinajstić information content (AvgIpc) is 3.31. The summed E-state index contributed by atoms with van der Waals surface area (Å²) in [5, 5.41) is 0.508. The van der Waals surface area contributed by atoms with E-state index in [4.69, 9.17) is 16.3 Å². The van der Waals surface area contributed by atoms with E-state index in [0.717, 1.165) is 16.9 Å². The van der Waals surface area contributed by atoms with Crippen LogP contribution in [-0.2, 0) is 0 Å². The van der Waals surface area contributed by atoms with Gasteiger partial charge in [-0.1, -0.05) is 23.7 Å². The third-order valence-electron chi connectivity index (χ3n) is 3.26. The Morgan fingerprint density at radius 2 is 2.00 bits per heavy atom. The second kappa shape index (κ2) is 6.06. The summed E-state index contributed by atoms with van der Waals surface area (Å²) < 4.78 is 5.73. The Morgan fingerprint density at radius 1 is 1.25 bits per heavy atom. The van der Waals surface area contributed by atoms with Crippen molar-refractivity contribution in [2.24, 2.45) is 0 Å². The van der Waals surface area contributed by atoms with E-state index in [1.165, 1.54) is 23.7 Å². The second-order valence-corrected chi connectivity index (χ2v) is 6.01. The molecule has 103 valence electrons. The van der Waals surface area contributed by atoms with Crippen molar-refractivity contribution in [1.29, 1.82) is 0 Å². The molecule has 1 aliphatic carbocycles. The average molecular weight is 305 g/mol. The lowest BCUT2D eigenvalue weighted by molar-refractivity contribution is 0.343. The highest BCUT2D eigenvalue weighted by molar-refractivity contribution is 7.98. The molecular formula is C16H15ClNOS. The molecule has 2 nitrogen and oxygen atoms in total. The zero-order valence-electron chi connectivity index (χ0n) is 11.2. The molecular weight excluding hydrogens is 290 g/mol. The number of ether oxygens (including phenoxy) is 1. The summed E-state index contributed by atoms with van der Waals surface area (Å²) in [6.07, 6.45) is 6.15. The summed E-state index contributed by atoms with van der Waals surface area (Å²) in [6.45, 7) is 0.703. The second-order valence-electron chi connectivity index (χ2n) is 4.78. The summed E-state index contributed by atoms with van der Waals surface area (Å²) in [5.41, 5.74) is 1.97. The van der Waals surface area contributed by atoms with Crippen molar-refractivity contribution in [3.63, 3.8) is 0 Å². The lowest BCUT2D eigenvalue weighted by atomic mass is 10.1. The molecule has 1 fully saturated rings. The zero-order valence-corrected chi connectivity index (χ0v) is 12.8. The molecule has 1 heterocycles. The molecule has 0 atom stereocenters. The number of pyridine rings is 1. The smallest absolute Gasteiger partial charge is 0.138 e. The predicted octanol–water partition coefficient (Wildman–Crippen LogP) is 4.87. The van der Waals surface area contributed by atoms with Crippen LogP contribution in [0.15, 0.2) is 41.4 Å². The van der Waals surface area contributed by atoms with Gasteiger partial charge in [-0.25, -0.2) is 4.98 Å². The normalized spacial score (nSPS) is 14.3. The summed E-state index contributed by atoms with van der Waals surface area (Å²) >= 11 is 7.92. The van der Waals surface area contributed by atoms with Gasteiger partial charge in [0, 0.05) is 16.4 Å². The summed E-state index contributed by atoms with van der Waals surface area (Å²) in [6, 6.07) is 10.3. The first-order chi connectivity index (χ1) is 9.76. The Labute approximate surface area is 128 Å². The molecule has 1 aromatic heterocycles. The van der Waals surface area contributed by atoms with Gasteiger partial charge in [0.1, 0.15) is 10.9 Å². The van der Waals surface area contributed by atoms with Crippen LogP contribution < -0.4 is 4.74 Å². The van der Waals surface area contributed by atoms with E-state index in [1.54, 1.807) is 18.0 Å². The third kappa shape index (κ3) is 3.28. The summed E-state index contributed by atoms with van der Waals surface area (Å²) in [7, 11) is 0. The Bertz CT molecular complexity index is 596. The Hall–Kier alpha value is -1.19. The molecule has 4 heteroatoms. The SMILES string of the molecule is CSc1ccc(-c2cc(OC[C]3CC3)cnc2Cl)cc1. The van der Waals surface area contributed by atoms with Gasteiger partial charge in [-0.05, 0) is 42.9 Å². The van der Waals surface area contributed by atoms with Gasteiger partial charge in [-0.15, -0.1) is 11.8 Å². The van der Waals surface area contributed by atoms with Crippen LogP contribution in [0.25, 0.3) is 11.1 Å². The van der Waals surface area contributed by atoms with Crippen LogP contribution in [0, 0.1) is 5.92 Å². The lowest BCUT2D eigenvalue weighted by Crippen LogP contribution is -1.98. The first-order valence-electron chi connectivity index (χ1n) is 6.52. The third-order valence-corrected chi connectivity index (χ3v) is 4.31. The minimum atomic E-state index is 0.508. The highest BCUT2D eigenvalue weighted by Crippen LogP contribution is 2.34. The first kappa shape index (κ1) is 13.8. The van der Waals surface area contributed by atoms with Crippen molar-refractivity contribution in [2.75, 3.05) is 12.9 Å². The summed E-state index contributed by atoms with van der Waals surface area (Å²) in [5.74, 6) is 2.24. The van der Waals surface area contributed by atoms with Crippen LogP contribution in [0.3, 0.4) is 0 Å². The van der Waals surface area contributed by atoms with Gasteiger partial charge in [0.15, 0.2) is 0 Å². The molecule has 0 N–H and O–H groups in total. The first-order valence-corrected chi connectivity index (χ1v) is 8.13. The fraction of sp³-hybridized carbons (Fsp3) is 0.250. The maximum Gasteiger partial charge on any atom is 0.138 e. The minimum Gasteiger partial charge on any atom is -0.491 e. The van der Waals surface area contributed by atoms with Crippen LogP contribution in [0.4, 0.5) is 0 Å². The van der Waals surface area contributed by atoms with Gasteiger partial charge in [0.2, 0.25) is 0 Å². The molecule has 1 aliphatic rings. The van der Waals surface area contributed by atoms with E-state index >= 15 is 0 Å². The monoisotopic (exact) mass is 304 g/mol. The maximum atomic E-state index is 6.20. The van der Waals surface area contributed by atoms with Crippen molar-refractivity contribution < 1.29 is 4.74 Å². The number of halogens is 1. The van der Waals surface area contributed by atoms with Crippen LogP contribution in [-0.4, -0.2) is 17.8 Å². The molecule has 2 aromatic rings. The van der Waals surface area contributed by atoms with Crippen molar-refractivity contribution in [3.8, 4) is 16.9 Å². The molecule has 0 unspecified atom stereocenters. The topological polar surface area (TPSA) is 22.1 Å². The fourth-order valence-corrected chi connectivity index (χ4v) is 2.52. The molecule has 0 aliphatic heterocycles. The molecule has 3 rings (SSSR count). The number of hydrogen-bond donors (Lipinski definition) is 0. The zero-order chi connectivity index (χ0) is 13.9. The number of thioether (sulfide) groups is 1.